The number of carbonyl (C=O) groups is 1. The molecule has 0 unspecified atom stereocenters. The quantitative estimate of drug-likeness (QED) is 0.742. The summed E-state index contributed by atoms with van der Waals surface area (Å²) in [6.07, 6.45) is -0.318. The Bertz CT molecular complexity index is 227. The number of nitrogens with zero attached hydrogens (tertiary/aromatic N) is 1. The summed E-state index contributed by atoms with van der Waals surface area (Å²) in [5, 5.41) is 9.15. The minimum atomic E-state index is -0.471. The van der Waals surface area contributed by atoms with Crippen molar-refractivity contribution in [3.8, 4) is 0 Å². The summed E-state index contributed by atoms with van der Waals surface area (Å²) in [6, 6.07) is -0.0985. The molecule has 1 saturated heterocycles. The van der Waals surface area contributed by atoms with Crippen molar-refractivity contribution in [1.82, 2.24) is 4.90 Å². The van der Waals surface area contributed by atoms with Crippen LogP contribution in [0.25, 0.3) is 0 Å². The van der Waals surface area contributed by atoms with Gasteiger partial charge in [0.05, 0.1) is 12.6 Å². The van der Waals surface area contributed by atoms with E-state index in [1.54, 1.807) is 16.7 Å². The lowest BCUT2D eigenvalue weighted by Gasteiger charge is -2.35. The molecule has 0 bridgehead atoms. The molecule has 0 aromatic carbocycles. The topological polar surface area (TPSA) is 49.8 Å². The smallest absolute Gasteiger partial charge is 0.410 e. The van der Waals surface area contributed by atoms with Gasteiger partial charge in [-0.25, -0.2) is 4.79 Å². The molecule has 1 rings (SSSR count). The Labute approximate surface area is 95.0 Å². The van der Waals surface area contributed by atoms with Gasteiger partial charge in [0.2, 0.25) is 0 Å². The number of ether oxygens (including phenoxy) is 1. The average Bonchev–Trinajstić information content (AvgIpc) is 2.15. The zero-order valence-corrected chi connectivity index (χ0v) is 10.3. The van der Waals surface area contributed by atoms with Crippen molar-refractivity contribution in [2.45, 2.75) is 32.4 Å². The molecule has 1 heterocycles. The van der Waals surface area contributed by atoms with Crippen LogP contribution in [0.4, 0.5) is 4.79 Å². The lowest BCUT2D eigenvalue weighted by Crippen LogP contribution is -2.49. The van der Waals surface area contributed by atoms with Gasteiger partial charge >= 0.3 is 6.09 Å². The molecule has 1 aliphatic heterocycles. The Morgan fingerprint density at radius 1 is 1.60 bits per heavy atom. The van der Waals surface area contributed by atoms with Gasteiger partial charge in [-0.1, -0.05) is 0 Å². The van der Waals surface area contributed by atoms with E-state index in [-0.39, 0.29) is 18.7 Å². The molecule has 15 heavy (non-hydrogen) atoms. The maximum atomic E-state index is 11.8. The van der Waals surface area contributed by atoms with E-state index in [2.05, 4.69) is 0 Å². The van der Waals surface area contributed by atoms with Gasteiger partial charge in [0, 0.05) is 18.1 Å². The van der Waals surface area contributed by atoms with E-state index < -0.39 is 5.60 Å². The van der Waals surface area contributed by atoms with Gasteiger partial charge in [0.25, 0.3) is 0 Å². The largest absolute Gasteiger partial charge is 0.444 e. The molecule has 0 aromatic rings. The molecule has 0 aromatic heterocycles. The maximum absolute atomic E-state index is 11.8. The predicted molar refractivity (Wildman–Crippen MR) is 61.1 cm³/mol. The van der Waals surface area contributed by atoms with Crippen LogP contribution in [0.1, 0.15) is 20.8 Å². The first kappa shape index (κ1) is 12.6. The molecule has 0 aliphatic carbocycles. The van der Waals surface area contributed by atoms with Crippen LogP contribution in [0, 0.1) is 0 Å². The summed E-state index contributed by atoms with van der Waals surface area (Å²) in [4.78, 5) is 13.4. The van der Waals surface area contributed by atoms with Crippen LogP contribution in [-0.4, -0.2) is 52.4 Å². The fourth-order valence-electron chi connectivity index (χ4n) is 1.37. The van der Waals surface area contributed by atoms with Crippen LogP contribution in [0.5, 0.6) is 0 Å². The number of aliphatic hydroxyl groups is 1. The first-order valence-corrected chi connectivity index (χ1v) is 6.28. The van der Waals surface area contributed by atoms with E-state index in [1.165, 1.54) is 0 Å². The molecule has 0 radical (unpaired) electrons. The van der Waals surface area contributed by atoms with Gasteiger partial charge in [0.15, 0.2) is 0 Å². The Morgan fingerprint density at radius 3 is 2.80 bits per heavy atom. The van der Waals surface area contributed by atoms with Gasteiger partial charge in [-0.15, -0.1) is 0 Å². The van der Waals surface area contributed by atoms with Crippen molar-refractivity contribution in [2.24, 2.45) is 0 Å². The third kappa shape index (κ3) is 3.91. The maximum Gasteiger partial charge on any atom is 0.410 e. The number of aliphatic hydroxyl groups excluding tert-OH is 1. The molecule has 4 nitrogen and oxygen atoms in total. The van der Waals surface area contributed by atoms with Crippen LogP contribution in [0.2, 0.25) is 0 Å². The van der Waals surface area contributed by atoms with Crippen molar-refractivity contribution in [3.05, 3.63) is 0 Å². The van der Waals surface area contributed by atoms with Gasteiger partial charge in [0.1, 0.15) is 5.60 Å². The van der Waals surface area contributed by atoms with Gasteiger partial charge in [-0.3, -0.25) is 0 Å². The second kappa shape index (κ2) is 5.07. The predicted octanol–water partition coefficient (Wildman–Crippen LogP) is 1.33. The molecule has 1 atom stereocenters. The zero-order chi connectivity index (χ0) is 11.5. The minimum absolute atomic E-state index is 0.00619. The van der Waals surface area contributed by atoms with E-state index in [1.807, 2.05) is 20.8 Å². The van der Waals surface area contributed by atoms with E-state index >= 15 is 0 Å². The molecule has 5 heteroatoms. The highest BCUT2D eigenvalue weighted by Gasteiger charge is 2.30. The SMILES string of the molecule is CC(C)(C)OC(=O)N1CCSC[C@@H]1CO. The number of hydrogen-bond acceptors (Lipinski definition) is 4. The van der Waals surface area contributed by atoms with Gasteiger partial charge < -0.3 is 14.7 Å². The summed E-state index contributed by atoms with van der Waals surface area (Å²) in [7, 11) is 0. The third-order valence-corrected chi connectivity index (χ3v) is 3.16. The van der Waals surface area contributed by atoms with Gasteiger partial charge in [-0.05, 0) is 20.8 Å². The van der Waals surface area contributed by atoms with Crippen molar-refractivity contribution < 1.29 is 14.6 Å². The molecule has 1 fully saturated rings. The fourth-order valence-corrected chi connectivity index (χ4v) is 2.42. The Kier molecular flexibility index (Phi) is 4.28. The minimum Gasteiger partial charge on any atom is -0.444 e. The summed E-state index contributed by atoms with van der Waals surface area (Å²) in [6.45, 7) is 6.20. The highest BCUT2D eigenvalue weighted by molar-refractivity contribution is 7.99. The number of carbonyl (C=O) groups excluding carboxylic acids is 1. The van der Waals surface area contributed by atoms with Crippen molar-refractivity contribution in [3.63, 3.8) is 0 Å². The Balaban J connectivity index is 2.56. The molecule has 0 saturated carbocycles. The van der Waals surface area contributed by atoms with E-state index in [9.17, 15) is 4.79 Å². The van der Waals surface area contributed by atoms with Crippen LogP contribution >= 0.6 is 11.8 Å². The van der Waals surface area contributed by atoms with Crippen LogP contribution in [0.15, 0.2) is 0 Å². The molecule has 1 N–H and O–H groups in total. The van der Waals surface area contributed by atoms with E-state index in [0.29, 0.717) is 6.54 Å². The molecule has 1 aliphatic rings. The standard InChI is InChI=1S/C10H19NO3S/c1-10(2,3)14-9(13)11-4-5-15-7-8(11)6-12/h8,12H,4-7H2,1-3H3/t8-/m0/s1. The highest BCUT2D eigenvalue weighted by Crippen LogP contribution is 2.19. The van der Waals surface area contributed by atoms with Crippen molar-refractivity contribution >= 4 is 17.9 Å². The number of rotatable bonds is 1. The Morgan fingerprint density at radius 2 is 2.27 bits per heavy atom. The highest BCUT2D eigenvalue weighted by atomic mass is 32.2. The van der Waals surface area contributed by atoms with Crippen LogP contribution in [0.3, 0.4) is 0 Å². The fraction of sp³-hybridized carbons (Fsp3) is 0.900. The third-order valence-electron chi connectivity index (χ3n) is 2.07. The summed E-state index contributed by atoms with van der Waals surface area (Å²) >= 11 is 1.76. The normalized spacial score (nSPS) is 22.7. The van der Waals surface area contributed by atoms with Gasteiger partial charge in [-0.2, -0.15) is 11.8 Å². The number of thioether (sulfide) groups is 1. The average molecular weight is 233 g/mol. The number of amides is 1. The molecular formula is C10H19NO3S. The summed E-state index contributed by atoms with van der Waals surface area (Å²) < 4.78 is 5.28. The molecule has 0 spiro atoms. The van der Waals surface area contributed by atoms with E-state index in [0.717, 1.165) is 11.5 Å². The zero-order valence-electron chi connectivity index (χ0n) is 9.52. The first-order valence-electron chi connectivity index (χ1n) is 5.12. The van der Waals surface area contributed by atoms with Crippen LogP contribution < -0.4 is 0 Å². The lowest BCUT2D eigenvalue weighted by atomic mass is 10.2. The molecule has 88 valence electrons. The van der Waals surface area contributed by atoms with E-state index in [4.69, 9.17) is 9.84 Å². The summed E-state index contributed by atoms with van der Waals surface area (Å²) in [5.74, 6) is 1.70. The van der Waals surface area contributed by atoms with Crippen molar-refractivity contribution in [2.75, 3.05) is 24.7 Å². The summed E-state index contributed by atoms with van der Waals surface area (Å²) in [5.41, 5.74) is -0.471. The molecular weight excluding hydrogens is 214 g/mol. The Hall–Kier alpha value is -0.420. The second-order valence-corrected chi connectivity index (χ2v) is 5.73. The number of hydrogen-bond donors (Lipinski definition) is 1. The van der Waals surface area contributed by atoms with Crippen LogP contribution in [-0.2, 0) is 4.74 Å². The molecule has 1 amide bonds. The second-order valence-electron chi connectivity index (χ2n) is 4.59. The first-order chi connectivity index (χ1) is 6.94. The van der Waals surface area contributed by atoms with Crippen molar-refractivity contribution in [1.29, 1.82) is 0 Å². The monoisotopic (exact) mass is 233 g/mol. The lowest BCUT2D eigenvalue weighted by molar-refractivity contribution is 0.0129.